The summed E-state index contributed by atoms with van der Waals surface area (Å²) in [7, 11) is 6.15. The molecule has 0 radical (unpaired) electrons. The molecule has 0 aliphatic carbocycles. The predicted molar refractivity (Wildman–Crippen MR) is 69.3 cm³/mol. The van der Waals surface area contributed by atoms with Gasteiger partial charge in [0, 0.05) is 20.1 Å². The Kier molecular flexibility index (Phi) is 4.70. The van der Waals surface area contributed by atoms with Crippen LogP contribution in [0.1, 0.15) is 23.6 Å². The fourth-order valence-electron chi connectivity index (χ4n) is 1.39. The Balaban J connectivity index is 2.69. The molecule has 1 aromatic rings. The molecule has 92 valence electrons. The number of hydrogen-bond donors (Lipinski definition) is 1. The molecule has 0 saturated carbocycles. The number of aromatic nitrogens is 1. The van der Waals surface area contributed by atoms with Crippen LogP contribution in [0.15, 0.2) is 0 Å². The molecule has 0 bridgehead atoms. The summed E-state index contributed by atoms with van der Waals surface area (Å²) in [6.07, 6.45) is -0.423. The smallest absolute Gasteiger partial charge is 0.185 e. The Morgan fingerprint density at radius 1 is 1.31 bits per heavy atom. The van der Waals surface area contributed by atoms with Crippen molar-refractivity contribution in [2.24, 2.45) is 0 Å². The Hall–Kier alpha value is -0.650. The molecular weight excluding hydrogens is 222 g/mol. The van der Waals surface area contributed by atoms with E-state index in [0.717, 1.165) is 28.8 Å². The van der Waals surface area contributed by atoms with E-state index in [0.29, 0.717) is 0 Å². The second-order valence-corrected chi connectivity index (χ2v) is 5.36. The maximum atomic E-state index is 9.56. The van der Waals surface area contributed by atoms with Gasteiger partial charge in [-0.1, -0.05) is 11.3 Å². The van der Waals surface area contributed by atoms with Gasteiger partial charge in [-0.15, -0.1) is 0 Å². The number of rotatable bonds is 5. The normalized spacial score (nSPS) is 13.2. The number of nitrogens with zero attached hydrogens (tertiary/aromatic N) is 3. The summed E-state index contributed by atoms with van der Waals surface area (Å²) in [5, 5.41) is 10.5. The van der Waals surface area contributed by atoms with E-state index in [1.54, 1.807) is 18.3 Å². The van der Waals surface area contributed by atoms with E-state index >= 15 is 0 Å². The zero-order chi connectivity index (χ0) is 12.3. The van der Waals surface area contributed by atoms with Gasteiger partial charge in [0.15, 0.2) is 5.13 Å². The Morgan fingerprint density at radius 3 is 2.38 bits per heavy atom. The number of hydrogen-bond acceptors (Lipinski definition) is 5. The van der Waals surface area contributed by atoms with Gasteiger partial charge >= 0.3 is 0 Å². The van der Waals surface area contributed by atoms with Crippen molar-refractivity contribution in [3.05, 3.63) is 10.6 Å². The summed E-state index contributed by atoms with van der Waals surface area (Å²) in [5.41, 5.74) is 0.937. The van der Waals surface area contributed by atoms with Gasteiger partial charge in [-0.3, -0.25) is 0 Å². The van der Waals surface area contributed by atoms with Crippen LogP contribution in [0.4, 0.5) is 5.13 Å². The van der Waals surface area contributed by atoms with E-state index in [1.807, 2.05) is 14.0 Å². The van der Waals surface area contributed by atoms with E-state index in [1.165, 1.54) is 0 Å². The first-order valence-electron chi connectivity index (χ1n) is 5.43. The summed E-state index contributed by atoms with van der Waals surface area (Å²) >= 11 is 1.57. The van der Waals surface area contributed by atoms with Gasteiger partial charge in [0.2, 0.25) is 0 Å². The standard InChI is InChI=1S/C11H21N3OS/c1-8-10(9(2)15)16-11(12-8)14(5)7-6-13(3)4/h9,15H,6-7H2,1-5H3. The van der Waals surface area contributed by atoms with Crippen LogP contribution in [0.25, 0.3) is 0 Å². The predicted octanol–water partition coefficient (Wildman–Crippen LogP) is 1.50. The lowest BCUT2D eigenvalue weighted by atomic mass is 10.3. The van der Waals surface area contributed by atoms with Crippen molar-refractivity contribution >= 4 is 16.5 Å². The first kappa shape index (κ1) is 13.4. The highest BCUT2D eigenvalue weighted by atomic mass is 32.1. The molecule has 0 fully saturated rings. The number of likely N-dealkylation sites (N-methyl/N-ethyl adjacent to an activating group) is 2. The Labute approximate surface area is 102 Å². The zero-order valence-electron chi connectivity index (χ0n) is 10.7. The van der Waals surface area contributed by atoms with Crippen LogP contribution in [-0.4, -0.2) is 49.2 Å². The molecule has 1 unspecified atom stereocenters. The molecule has 0 aliphatic rings. The largest absolute Gasteiger partial charge is 0.388 e. The van der Waals surface area contributed by atoms with Gasteiger partial charge in [0.05, 0.1) is 16.7 Å². The molecule has 1 aromatic heterocycles. The number of thiazole rings is 1. The van der Waals surface area contributed by atoms with Gasteiger partial charge < -0.3 is 14.9 Å². The third-order valence-electron chi connectivity index (χ3n) is 2.41. The van der Waals surface area contributed by atoms with Crippen molar-refractivity contribution in [1.29, 1.82) is 0 Å². The second-order valence-electron chi connectivity index (χ2n) is 4.35. The first-order chi connectivity index (χ1) is 7.41. The molecule has 1 heterocycles. The maximum Gasteiger partial charge on any atom is 0.185 e. The topological polar surface area (TPSA) is 39.6 Å². The summed E-state index contributed by atoms with van der Waals surface area (Å²) in [6, 6.07) is 0. The SMILES string of the molecule is Cc1nc(N(C)CCN(C)C)sc1C(C)O. The third kappa shape index (κ3) is 3.43. The molecule has 0 spiro atoms. The highest BCUT2D eigenvalue weighted by molar-refractivity contribution is 7.15. The lowest BCUT2D eigenvalue weighted by Gasteiger charge is -2.18. The molecule has 16 heavy (non-hydrogen) atoms. The van der Waals surface area contributed by atoms with Crippen LogP contribution in [0.2, 0.25) is 0 Å². The molecule has 4 nitrogen and oxygen atoms in total. The summed E-state index contributed by atoms with van der Waals surface area (Å²) in [6.45, 7) is 5.67. The first-order valence-corrected chi connectivity index (χ1v) is 6.24. The molecule has 0 aliphatic heterocycles. The zero-order valence-corrected chi connectivity index (χ0v) is 11.5. The Bertz CT molecular complexity index is 336. The number of aliphatic hydroxyl groups excluding tert-OH is 1. The van der Waals surface area contributed by atoms with Crippen molar-refractivity contribution in [1.82, 2.24) is 9.88 Å². The van der Waals surface area contributed by atoms with Gasteiger partial charge in [0.25, 0.3) is 0 Å². The lowest BCUT2D eigenvalue weighted by molar-refractivity contribution is 0.202. The van der Waals surface area contributed by atoms with Crippen LogP contribution in [0.3, 0.4) is 0 Å². The van der Waals surface area contributed by atoms with E-state index in [9.17, 15) is 5.11 Å². The summed E-state index contributed by atoms with van der Waals surface area (Å²) in [5.74, 6) is 0. The monoisotopic (exact) mass is 243 g/mol. The summed E-state index contributed by atoms with van der Waals surface area (Å²) in [4.78, 5) is 9.71. The van der Waals surface area contributed by atoms with E-state index in [-0.39, 0.29) is 0 Å². The number of aliphatic hydroxyl groups is 1. The van der Waals surface area contributed by atoms with Crippen molar-refractivity contribution < 1.29 is 5.11 Å². The van der Waals surface area contributed by atoms with Crippen molar-refractivity contribution in [3.8, 4) is 0 Å². The highest BCUT2D eigenvalue weighted by Crippen LogP contribution is 2.29. The third-order valence-corrected chi connectivity index (χ3v) is 3.85. The van der Waals surface area contributed by atoms with Crippen molar-refractivity contribution in [3.63, 3.8) is 0 Å². The van der Waals surface area contributed by atoms with Crippen LogP contribution in [0.5, 0.6) is 0 Å². The molecule has 1 N–H and O–H groups in total. The minimum absolute atomic E-state index is 0.423. The Morgan fingerprint density at radius 2 is 1.94 bits per heavy atom. The molecule has 0 amide bonds. The van der Waals surface area contributed by atoms with Crippen molar-refractivity contribution in [2.45, 2.75) is 20.0 Å². The van der Waals surface area contributed by atoms with Crippen LogP contribution in [0, 0.1) is 6.92 Å². The van der Waals surface area contributed by atoms with E-state index in [4.69, 9.17) is 0 Å². The van der Waals surface area contributed by atoms with Gasteiger partial charge in [-0.2, -0.15) is 0 Å². The maximum absolute atomic E-state index is 9.56. The number of anilines is 1. The number of aryl methyl sites for hydroxylation is 1. The minimum atomic E-state index is -0.423. The van der Waals surface area contributed by atoms with Gasteiger partial charge in [-0.05, 0) is 27.9 Å². The van der Waals surface area contributed by atoms with Gasteiger partial charge in [0.1, 0.15) is 0 Å². The lowest BCUT2D eigenvalue weighted by Crippen LogP contribution is -2.28. The van der Waals surface area contributed by atoms with E-state index < -0.39 is 6.10 Å². The minimum Gasteiger partial charge on any atom is -0.388 e. The molecule has 0 saturated heterocycles. The second kappa shape index (κ2) is 5.61. The molecule has 1 atom stereocenters. The van der Waals surface area contributed by atoms with Crippen LogP contribution >= 0.6 is 11.3 Å². The molecule has 1 rings (SSSR count). The molecular formula is C11H21N3OS. The highest BCUT2D eigenvalue weighted by Gasteiger charge is 2.14. The van der Waals surface area contributed by atoms with Gasteiger partial charge in [-0.25, -0.2) is 4.98 Å². The summed E-state index contributed by atoms with van der Waals surface area (Å²) < 4.78 is 0. The van der Waals surface area contributed by atoms with Crippen LogP contribution in [-0.2, 0) is 0 Å². The molecule has 5 heteroatoms. The van der Waals surface area contributed by atoms with Crippen LogP contribution < -0.4 is 4.90 Å². The fraction of sp³-hybridized carbons (Fsp3) is 0.727. The quantitative estimate of drug-likeness (QED) is 0.851. The fourth-order valence-corrected chi connectivity index (χ4v) is 2.38. The average Bonchev–Trinajstić information content (AvgIpc) is 2.56. The van der Waals surface area contributed by atoms with E-state index in [2.05, 4.69) is 28.9 Å². The average molecular weight is 243 g/mol. The van der Waals surface area contributed by atoms with Crippen molar-refractivity contribution in [2.75, 3.05) is 39.1 Å². The molecule has 0 aromatic carbocycles.